The summed E-state index contributed by atoms with van der Waals surface area (Å²) < 4.78 is 57.7. The molecule has 0 unspecified atom stereocenters. The second kappa shape index (κ2) is 5.15. The van der Waals surface area contributed by atoms with Crippen LogP contribution in [0.25, 0.3) is 0 Å². The first kappa shape index (κ1) is 14.4. The first-order chi connectivity index (χ1) is 8.80. The smallest absolute Gasteiger partial charge is 0.246 e. The number of benzene rings is 1. The predicted molar refractivity (Wildman–Crippen MR) is 65.1 cm³/mol. The Morgan fingerprint density at radius 2 is 1.79 bits per heavy atom. The van der Waals surface area contributed by atoms with Crippen molar-refractivity contribution in [3.8, 4) is 0 Å². The van der Waals surface area contributed by atoms with Gasteiger partial charge in [-0.1, -0.05) is 0 Å². The Balaban J connectivity index is 2.36. The summed E-state index contributed by atoms with van der Waals surface area (Å²) in [6.45, 7) is 3.81. The summed E-state index contributed by atoms with van der Waals surface area (Å²) in [6, 6.07) is 2.45. The fourth-order valence-electron chi connectivity index (χ4n) is 2.15. The molecule has 106 valence electrons. The van der Waals surface area contributed by atoms with Gasteiger partial charge >= 0.3 is 0 Å². The minimum atomic E-state index is -3.96. The summed E-state index contributed by atoms with van der Waals surface area (Å²) in [7, 11) is -3.96. The van der Waals surface area contributed by atoms with Gasteiger partial charge in [0, 0.05) is 19.2 Å². The average Bonchev–Trinajstić information content (AvgIpc) is 2.26. The standard InChI is InChI=1S/C12H15F2NO3S/c1-8-6-15(7-9(2)18-8)19(16,17)12-4-3-10(13)5-11(12)14/h3-5,8-9H,6-7H2,1-2H3/t8-,9-/m1/s1. The van der Waals surface area contributed by atoms with Gasteiger partial charge in [-0.3, -0.25) is 0 Å². The van der Waals surface area contributed by atoms with Crippen LogP contribution < -0.4 is 0 Å². The van der Waals surface area contributed by atoms with E-state index in [1.807, 2.05) is 0 Å². The molecule has 1 heterocycles. The lowest BCUT2D eigenvalue weighted by molar-refractivity contribution is -0.0441. The quantitative estimate of drug-likeness (QED) is 0.834. The van der Waals surface area contributed by atoms with Gasteiger partial charge in [-0.05, 0) is 26.0 Å². The van der Waals surface area contributed by atoms with Gasteiger partial charge in [-0.15, -0.1) is 0 Å². The summed E-state index contributed by atoms with van der Waals surface area (Å²) in [5, 5.41) is 0. The van der Waals surface area contributed by atoms with E-state index in [9.17, 15) is 17.2 Å². The van der Waals surface area contributed by atoms with Gasteiger partial charge in [0.25, 0.3) is 0 Å². The third kappa shape index (κ3) is 2.93. The Hall–Kier alpha value is -1.05. The van der Waals surface area contributed by atoms with Gasteiger partial charge < -0.3 is 4.74 Å². The minimum absolute atomic E-state index is 0.156. The number of hydrogen-bond donors (Lipinski definition) is 0. The van der Waals surface area contributed by atoms with Crippen molar-refractivity contribution in [2.24, 2.45) is 0 Å². The third-order valence-electron chi connectivity index (χ3n) is 2.90. The Kier molecular flexibility index (Phi) is 3.89. The highest BCUT2D eigenvalue weighted by atomic mass is 32.2. The van der Waals surface area contributed by atoms with E-state index in [-0.39, 0.29) is 25.3 Å². The lowest BCUT2D eigenvalue weighted by atomic mass is 10.3. The highest BCUT2D eigenvalue weighted by Gasteiger charge is 2.33. The van der Waals surface area contributed by atoms with Crippen LogP contribution in [0.15, 0.2) is 23.1 Å². The van der Waals surface area contributed by atoms with Crippen LogP contribution in [0.3, 0.4) is 0 Å². The van der Waals surface area contributed by atoms with Gasteiger partial charge in [-0.2, -0.15) is 4.31 Å². The van der Waals surface area contributed by atoms with Gasteiger partial charge in [0.1, 0.15) is 16.5 Å². The van der Waals surface area contributed by atoms with Gasteiger partial charge in [0.15, 0.2) is 0 Å². The molecule has 1 aliphatic heterocycles. The monoisotopic (exact) mass is 291 g/mol. The molecule has 0 aliphatic carbocycles. The van der Waals surface area contributed by atoms with E-state index in [1.165, 1.54) is 4.31 Å². The van der Waals surface area contributed by atoms with E-state index in [4.69, 9.17) is 4.74 Å². The van der Waals surface area contributed by atoms with Crippen molar-refractivity contribution in [2.45, 2.75) is 31.0 Å². The number of rotatable bonds is 2. The van der Waals surface area contributed by atoms with Crippen molar-refractivity contribution in [3.05, 3.63) is 29.8 Å². The molecule has 1 aliphatic rings. The number of hydrogen-bond acceptors (Lipinski definition) is 3. The maximum Gasteiger partial charge on any atom is 0.246 e. The first-order valence-corrected chi connectivity index (χ1v) is 7.35. The van der Waals surface area contributed by atoms with Crippen LogP contribution in [0.4, 0.5) is 8.78 Å². The normalized spacial score (nSPS) is 25.5. The molecular formula is C12H15F2NO3S. The number of halogens is 2. The molecule has 7 heteroatoms. The highest BCUT2D eigenvalue weighted by Crippen LogP contribution is 2.23. The molecule has 1 saturated heterocycles. The molecule has 0 spiro atoms. The van der Waals surface area contributed by atoms with Crippen LogP contribution in [-0.4, -0.2) is 38.0 Å². The fraction of sp³-hybridized carbons (Fsp3) is 0.500. The van der Waals surface area contributed by atoms with E-state index in [1.54, 1.807) is 13.8 Å². The summed E-state index contributed by atoms with van der Waals surface area (Å²) in [6.07, 6.45) is -0.524. The van der Waals surface area contributed by atoms with Crippen LogP contribution in [0.5, 0.6) is 0 Å². The van der Waals surface area contributed by atoms with Crippen molar-refractivity contribution in [2.75, 3.05) is 13.1 Å². The molecule has 2 rings (SSSR count). The van der Waals surface area contributed by atoms with Crippen molar-refractivity contribution < 1.29 is 21.9 Å². The molecule has 0 amide bonds. The van der Waals surface area contributed by atoms with Gasteiger partial charge in [0.2, 0.25) is 10.0 Å². The molecular weight excluding hydrogens is 276 g/mol. The SMILES string of the molecule is C[C@@H]1CN(S(=O)(=O)c2ccc(F)cc2F)C[C@@H](C)O1. The average molecular weight is 291 g/mol. The molecule has 0 N–H and O–H groups in total. The maximum atomic E-state index is 13.6. The van der Waals surface area contributed by atoms with Crippen LogP contribution in [0.2, 0.25) is 0 Å². The number of morpholine rings is 1. The zero-order valence-electron chi connectivity index (χ0n) is 10.6. The molecule has 0 bridgehead atoms. The summed E-state index contributed by atoms with van der Waals surface area (Å²) in [4.78, 5) is -0.504. The highest BCUT2D eigenvalue weighted by molar-refractivity contribution is 7.89. The molecule has 1 aromatic rings. The Morgan fingerprint density at radius 3 is 2.32 bits per heavy atom. The Bertz CT molecular complexity index is 566. The van der Waals surface area contributed by atoms with E-state index in [0.29, 0.717) is 6.07 Å². The van der Waals surface area contributed by atoms with Crippen LogP contribution >= 0.6 is 0 Å². The van der Waals surface area contributed by atoms with E-state index < -0.39 is 26.6 Å². The van der Waals surface area contributed by atoms with Crippen molar-refractivity contribution >= 4 is 10.0 Å². The summed E-state index contributed by atoms with van der Waals surface area (Å²) >= 11 is 0. The Labute approximate surface area is 111 Å². The number of sulfonamides is 1. The Morgan fingerprint density at radius 1 is 1.21 bits per heavy atom. The minimum Gasteiger partial charge on any atom is -0.373 e. The number of nitrogens with zero attached hydrogens (tertiary/aromatic N) is 1. The lowest BCUT2D eigenvalue weighted by Crippen LogP contribution is -2.48. The largest absolute Gasteiger partial charge is 0.373 e. The molecule has 1 fully saturated rings. The van der Waals surface area contributed by atoms with Crippen LogP contribution in [0, 0.1) is 11.6 Å². The zero-order chi connectivity index (χ0) is 14.2. The molecule has 4 nitrogen and oxygen atoms in total. The topological polar surface area (TPSA) is 46.6 Å². The van der Waals surface area contributed by atoms with Crippen molar-refractivity contribution in [1.29, 1.82) is 0 Å². The second-order valence-electron chi connectivity index (χ2n) is 4.65. The van der Waals surface area contributed by atoms with Crippen molar-refractivity contribution in [3.63, 3.8) is 0 Å². The van der Waals surface area contributed by atoms with E-state index in [2.05, 4.69) is 0 Å². The van der Waals surface area contributed by atoms with Crippen molar-refractivity contribution in [1.82, 2.24) is 4.31 Å². The molecule has 2 atom stereocenters. The van der Waals surface area contributed by atoms with E-state index in [0.717, 1.165) is 12.1 Å². The molecule has 0 saturated carbocycles. The first-order valence-electron chi connectivity index (χ1n) is 5.91. The molecule has 0 aromatic heterocycles. The number of ether oxygens (including phenoxy) is 1. The second-order valence-corrected chi connectivity index (χ2v) is 6.56. The molecule has 19 heavy (non-hydrogen) atoms. The maximum absolute atomic E-state index is 13.6. The summed E-state index contributed by atoms with van der Waals surface area (Å²) in [5.41, 5.74) is 0. The third-order valence-corrected chi connectivity index (χ3v) is 4.76. The van der Waals surface area contributed by atoms with Crippen LogP contribution in [0.1, 0.15) is 13.8 Å². The van der Waals surface area contributed by atoms with E-state index >= 15 is 0 Å². The van der Waals surface area contributed by atoms with Crippen LogP contribution in [-0.2, 0) is 14.8 Å². The fourth-order valence-corrected chi connectivity index (χ4v) is 3.79. The lowest BCUT2D eigenvalue weighted by Gasteiger charge is -2.34. The summed E-state index contributed by atoms with van der Waals surface area (Å²) in [5.74, 6) is -1.88. The molecule has 0 radical (unpaired) electrons. The van der Waals surface area contributed by atoms with Gasteiger partial charge in [0.05, 0.1) is 12.2 Å². The predicted octanol–water partition coefficient (Wildman–Crippen LogP) is 1.76. The zero-order valence-corrected chi connectivity index (χ0v) is 11.5. The molecule has 1 aromatic carbocycles. The van der Waals surface area contributed by atoms with Gasteiger partial charge in [-0.25, -0.2) is 17.2 Å².